The van der Waals surface area contributed by atoms with Crippen LogP contribution in [0.15, 0.2) is 0 Å². The third-order valence-corrected chi connectivity index (χ3v) is 4.40. The van der Waals surface area contributed by atoms with Gasteiger partial charge in [0.15, 0.2) is 0 Å². The molecule has 0 radical (unpaired) electrons. The van der Waals surface area contributed by atoms with E-state index < -0.39 is 36.5 Å². The summed E-state index contributed by atoms with van der Waals surface area (Å²) >= 11 is 0. The van der Waals surface area contributed by atoms with Crippen molar-refractivity contribution in [3.8, 4) is 0 Å². The number of carbonyl (C=O) groups excluding carboxylic acids is 3. The largest absolute Gasteiger partial charge is 0.394 e. The van der Waals surface area contributed by atoms with E-state index in [2.05, 4.69) is 21.3 Å². The van der Waals surface area contributed by atoms with Crippen LogP contribution in [0.4, 0.5) is 0 Å². The van der Waals surface area contributed by atoms with Gasteiger partial charge < -0.3 is 26.4 Å². The van der Waals surface area contributed by atoms with Crippen LogP contribution >= 0.6 is 0 Å². The maximum absolute atomic E-state index is 12.6. The predicted molar refractivity (Wildman–Crippen MR) is 99.3 cm³/mol. The Labute approximate surface area is 155 Å². The van der Waals surface area contributed by atoms with Gasteiger partial charge in [0.05, 0.1) is 12.6 Å². The van der Waals surface area contributed by atoms with Gasteiger partial charge in [-0.1, -0.05) is 26.7 Å². The van der Waals surface area contributed by atoms with E-state index in [4.69, 9.17) is 0 Å². The van der Waals surface area contributed by atoms with Crippen LogP contribution in [0.3, 0.4) is 0 Å². The van der Waals surface area contributed by atoms with Gasteiger partial charge in [0.25, 0.3) is 0 Å². The number of nitrogens with one attached hydrogen (secondary N) is 4. The molecule has 1 rings (SSSR count). The second-order valence-electron chi connectivity index (χ2n) is 7.32. The lowest BCUT2D eigenvalue weighted by Crippen LogP contribution is -2.57. The fourth-order valence-corrected chi connectivity index (χ4v) is 2.82. The summed E-state index contributed by atoms with van der Waals surface area (Å²) in [6.45, 7) is 6.44. The number of carbonyl (C=O) groups is 3. The first-order chi connectivity index (χ1) is 12.3. The van der Waals surface area contributed by atoms with Gasteiger partial charge in [-0.2, -0.15) is 0 Å². The van der Waals surface area contributed by atoms with Crippen molar-refractivity contribution in [2.24, 2.45) is 5.92 Å². The number of aliphatic hydroxyl groups excluding tert-OH is 1. The Morgan fingerprint density at radius 1 is 0.923 bits per heavy atom. The van der Waals surface area contributed by atoms with Crippen molar-refractivity contribution in [1.29, 1.82) is 0 Å². The van der Waals surface area contributed by atoms with E-state index in [1.54, 1.807) is 6.92 Å². The molecule has 0 saturated carbocycles. The molecule has 3 amide bonds. The zero-order valence-electron chi connectivity index (χ0n) is 16.1. The molecule has 1 aliphatic rings. The first-order valence-electron chi connectivity index (χ1n) is 9.57. The molecule has 0 aliphatic carbocycles. The molecule has 0 aromatic heterocycles. The van der Waals surface area contributed by atoms with Gasteiger partial charge in [-0.05, 0) is 38.6 Å². The summed E-state index contributed by atoms with van der Waals surface area (Å²) in [7, 11) is 0. The van der Waals surface area contributed by atoms with Crippen LogP contribution in [0.1, 0.15) is 52.9 Å². The lowest BCUT2D eigenvalue weighted by molar-refractivity contribution is -0.133. The highest BCUT2D eigenvalue weighted by molar-refractivity contribution is 5.93. The highest BCUT2D eigenvalue weighted by Crippen LogP contribution is 2.06. The molecule has 0 aromatic carbocycles. The fraction of sp³-hybridized carbons (Fsp3) is 0.833. The minimum Gasteiger partial charge on any atom is -0.394 e. The molecule has 0 aromatic rings. The van der Waals surface area contributed by atoms with Crippen LogP contribution in [0.5, 0.6) is 0 Å². The zero-order chi connectivity index (χ0) is 19.5. The highest BCUT2D eigenvalue weighted by Gasteiger charge is 2.28. The third kappa shape index (κ3) is 8.14. The Balaban J connectivity index is 2.86. The van der Waals surface area contributed by atoms with Crippen molar-refractivity contribution in [3.05, 3.63) is 0 Å². The smallest absolute Gasteiger partial charge is 0.244 e. The topological polar surface area (TPSA) is 120 Å². The zero-order valence-corrected chi connectivity index (χ0v) is 16.1. The molecular formula is C18H34N4O4. The number of aliphatic hydroxyl groups is 1. The minimum absolute atomic E-state index is 0.182. The van der Waals surface area contributed by atoms with Crippen LogP contribution in [0.25, 0.3) is 0 Å². The molecule has 0 spiro atoms. The van der Waals surface area contributed by atoms with Crippen LogP contribution < -0.4 is 21.3 Å². The van der Waals surface area contributed by atoms with Crippen LogP contribution in [-0.2, 0) is 14.4 Å². The van der Waals surface area contributed by atoms with Gasteiger partial charge in [-0.15, -0.1) is 0 Å². The van der Waals surface area contributed by atoms with E-state index in [0.717, 1.165) is 32.2 Å². The molecule has 0 bridgehead atoms. The summed E-state index contributed by atoms with van der Waals surface area (Å²) in [5, 5.41) is 20.7. The maximum Gasteiger partial charge on any atom is 0.244 e. The van der Waals surface area contributed by atoms with Gasteiger partial charge in [0.1, 0.15) is 12.1 Å². The summed E-state index contributed by atoms with van der Waals surface area (Å²) < 4.78 is 0. The van der Waals surface area contributed by atoms with Gasteiger partial charge in [-0.3, -0.25) is 14.4 Å². The van der Waals surface area contributed by atoms with Gasteiger partial charge in [0.2, 0.25) is 17.7 Å². The first-order valence-corrected chi connectivity index (χ1v) is 9.57. The average Bonchev–Trinajstić information content (AvgIpc) is 2.59. The molecule has 26 heavy (non-hydrogen) atoms. The number of amides is 3. The fourth-order valence-electron chi connectivity index (χ4n) is 2.82. The van der Waals surface area contributed by atoms with Crippen molar-refractivity contribution >= 4 is 17.7 Å². The quantitative estimate of drug-likeness (QED) is 0.466. The van der Waals surface area contributed by atoms with Crippen molar-refractivity contribution in [3.63, 3.8) is 0 Å². The number of hydrogen-bond acceptors (Lipinski definition) is 5. The van der Waals surface area contributed by atoms with Crippen LogP contribution in [0.2, 0.25) is 0 Å². The molecule has 3 atom stereocenters. The summed E-state index contributed by atoms with van der Waals surface area (Å²) in [6, 6.07) is -2.17. The lowest BCUT2D eigenvalue weighted by Gasteiger charge is -2.25. The second kappa shape index (κ2) is 11.9. The molecule has 1 saturated heterocycles. The Morgan fingerprint density at radius 2 is 1.54 bits per heavy atom. The van der Waals surface area contributed by atoms with Crippen molar-refractivity contribution in [2.75, 3.05) is 19.7 Å². The van der Waals surface area contributed by atoms with Gasteiger partial charge >= 0.3 is 0 Å². The lowest BCUT2D eigenvalue weighted by atomic mass is 10.0. The van der Waals surface area contributed by atoms with E-state index in [1.807, 2.05) is 13.8 Å². The maximum atomic E-state index is 12.6. The molecule has 8 heteroatoms. The average molecular weight is 370 g/mol. The number of hydrogen-bond donors (Lipinski definition) is 5. The molecule has 150 valence electrons. The third-order valence-electron chi connectivity index (χ3n) is 4.40. The van der Waals surface area contributed by atoms with E-state index >= 15 is 0 Å². The SMILES string of the molecule is CC(C)C[C@H]1NC(=O)[C@@H](C)NCCCCCCNC(=O)[C@H](CO)NC1=O. The van der Waals surface area contributed by atoms with Crippen molar-refractivity contribution < 1.29 is 19.5 Å². The van der Waals surface area contributed by atoms with E-state index in [1.165, 1.54) is 0 Å². The molecule has 8 nitrogen and oxygen atoms in total. The monoisotopic (exact) mass is 370 g/mol. The Kier molecular flexibility index (Phi) is 10.2. The molecule has 1 aliphatic heterocycles. The molecule has 1 fully saturated rings. The Bertz CT molecular complexity index is 470. The summed E-state index contributed by atoms with van der Waals surface area (Å²) in [5.74, 6) is -0.928. The normalized spacial score (nSPS) is 27.6. The highest BCUT2D eigenvalue weighted by atomic mass is 16.3. The van der Waals surface area contributed by atoms with Crippen LogP contribution in [0, 0.1) is 5.92 Å². The van der Waals surface area contributed by atoms with Gasteiger partial charge in [0, 0.05) is 6.54 Å². The van der Waals surface area contributed by atoms with E-state index in [0.29, 0.717) is 13.0 Å². The molecule has 1 heterocycles. The molecule has 0 unspecified atom stereocenters. The Morgan fingerprint density at radius 3 is 2.15 bits per heavy atom. The standard InChI is InChI=1S/C18H34N4O4/c1-12(2)10-14-18(26)22-15(11-23)17(25)20-9-7-5-4-6-8-19-13(3)16(24)21-14/h12-15,19,23H,4-11H2,1-3H3,(H,20,25)(H,21,24)(H,22,26)/t13-,14-,15+/m1/s1. The Hall–Kier alpha value is -1.67. The molecule has 5 N–H and O–H groups in total. The summed E-state index contributed by atoms with van der Waals surface area (Å²) in [5.41, 5.74) is 0. The minimum atomic E-state index is -1.02. The van der Waals surface area contributed by atoms with Gasteiger partial charge in [-0.25, -0.2) is 0 Å². The van der Waals surface area contributed by atoms with Crippen molar-refractivity contribution in [1.82, 2.24) is 21.3 Å². The van der Waals surface area contributed by atoms with Crippen LogP contribution in [-0.4, -0.2) is 60.6 Å². The summed E-state index contributed by atoms with van der Waals surface area (Å²) in [4.78, 5) is 37.1. The first kappa shape index (κ1) is 22.4. The second-order valence-corrected chi connectivity index (χ2v) is 7.32. The van der Waals surface area contributed by atoms with E-state index in [9.17, 15) is 19.5 Å². The predicted octanol–water partition coefficient (Wildman–Crippen LogP) is -0.337. The molecular weight excluding hydrogens is 336 g/mol. The van der Waals surface area contributed by atoms with E-state index in [-0.39, 0.29) is 11.8 Å². The number of rotatable bonds is 3. The summed E-state index contributed by atoms with van der Waals surface area (Å²) in [6.07, 6.45) is 4.21. The van der Waals surface area contributed by atoms with Crippen molar-refractivity contribution in [2.45, 2.75) is 71.0 Å².